The number of fused-ring (bicyclic) bond motifs is 1. The summed E-state index contributed by atoms with van der Waals surface area (Å²) in [6.07, 6.45) is 3.93. The van der Waals surface area contributed by atoms with Crippen LogP contribution in [0.25, 0.3) is 0 Å². The Bertz CT molecular complexity index is 816. The number of H-pyrrole nitrogens is 1. The van der Waals surface area contributed by atoms with Gasteiger partial charge in [0, 0.05) is 16.7 Å². The lowest BCUT2D eigenvalue weighted by molar-refractivity contribution is -0.141. The highest BCUT2D eigenvalue weighted by Crippen LogP contribution is 2.33. The molecule has 0 saturated heterocycles. The van der Waals surface area contributed by atoms with Crippen molar-refractivity contribution in [2.24, 2.45) is 11.3 Å². The highest BCUT2D eigenvalue weighted by Gasteiger charge is 2.36. The van der Waals surface area contributed by atoms with E-state index in [4.69, 9.17) is 5.73 Å². The van der Waals surface area contributed by atoms with Crippen molar-refractivity contribution in [1.29, 1.82) is 0 Å². The molecule has 3 rings (SSSR count). The molecule has 1 unspecified atom stereocenters. The summed E-state index contributed by atoms with van der Waals surface area (Å²) in [7, 11) is 0. The fourth-order valence-corrected chi connectivity index (χ4v) is 3.96. The topological polar surface area (TPSA) is 87.9 Å². The number of nitrogens with zero attached hydrogens (tertiary/aromatic N) is 3. The molecule has 7 heteroatoms. The van der Waals surface area contributed by atoms with Gasteiger partial charge in [-0.05, 0) is 59.7 Å². The monoisotopic (exact) mass is 433 g/mol. The Balaban J connectivity index is 1.48. The van der Waals surface area contributed by atoms with Crippen LogP contribution in [-0.4, -0.2) is 26.0 Å². The number of halogens is 1. The molecule has 6 nitrogen and oxygen atoms in total. The van der Waals surface area contributed by atoms with Crippen molar-refractivity contribution >= 4 is 27.7 Å². The molecule has 0 spiro atoms. The van der Waals surface area contributed by atoms with Crippen LogP contribution in [0.3, 0.4) is 0 Å². The summed E-state index contributed by atoms with van der Waals surface area (Å²) in [6.45, 7) is 7.49. The number of nitrogen functional groups attached to an aromatic ring is 1. The molecule has 27 heavy (non-hydrogen) atoms. The number of hydrogen-bond acceptors (Lipinski definition) is 4. The molecule has 0 aliphatic carbocycles. The Morgan fingerprint density at radius 2 is 2.15 bits per heavy atom. The van der Waals surface area contributed by atoms with Crippen LogP contribution in [0.2, 0.25) is 0 Å². The Morgan fingerprint density at radius 3 is 2.85 bits per heavy atom. The van der Waals surface area contributed by atoms with Gasteiger partial charge in [-0.15, -0.1) is 0 Å². The van der Waals surface area contributed by atoms with Crippen molar-refractivity contribution in [2.45, 2.75) is 59.5 Å². The minimum atomic E-state index is -0.381. The molecule has 1 aliphatic heterocycles. The van der Waals surface area contributed by atoms with Gasteiger partial charge in [-0.2, -0.15) is 5.10 Å². The van der Waals surface area contributed by atoms with Crippen LogP contribution in [0.1, 0.15) is 57.0 Å². The van der Waals surface area contributed by atoms with Gasteiger partial charge in [-0.3, -0.25) is 9.89 Å². The molecule has 146 valence electrons. The van der Waals surface area contributed by atoms with E-state index in [-0.39, 0.29) is 11.3 Å². The summed E-state index contributed by atoms with van der Waals surface area (Å²) in [5.41, 5.74) is 8.52. The van der Waals surface area contributed by atoms with Crippen LogP contribution in [0.5, 0.6) is 0 Å². The van der Waals surface area contributed by atoms with Crippen molar-refractivity contribution < 1.29 is 4.79 Å². The Labute approximate surface area is 169 Å². The Morgan fingerprint density at radius 1 is 1.37 bits per heavy atom. The average molecular weight is 434 g/mol. The predicted molar refractivity (Wildman–Crippen MR) is 110 cm³/mol. The molecule has 1 aliphatic rings. The number of nitrogens with two attached hydrogens (primary N) is 1. The minimum absolute atomic E-state index is 0.187. The fourth-order valence-electron chi connectivity index (χ4n) is 3.58. The van der Waals surface area contributed by atoms with Gasteiger partial charge in [0.1, 0.15) is 4.60 Å². The lowest BCUT2D eigenvalue weighted by atomic mass is 9.82. The van der Waals surface area contributed by atoms with Crippen molar-refractivity contribution in [3.8, 4) is 0 Å². The van der Waals surface area contributed by atoms with Gasteiger partial charge in [0.2, 0.25) is 5.91 Å². The van der Waals surface area contributed by atoms with Crippen LogP contribution in [0.15, 0.2) is 22.8 Å². The second-order valence-corrected chi connectivity index (χ2v) is 9.06. The molecule has 1 atom stereocenters. The number of aromatic amines is 1. The van der Waals surface area contributed by atoms with Gasteiger partial charge < -0.3 is 10.6 Å². The van der Waals surface area contributed by atoms with Gasteiger partial charge in [0.25, 0.3) is 0 Å². The summed E-state index contributed by atoms with van der Waals surface area (Å²) in [5.74, 6) is 1.24. The van der Waals surface area contributed by atoms with E-state index < -0.39 is 0 Å². The zero-order chi connectivity index (χ0) is 19.6. The summed E-state index contributed by atoms with van der Waals surface area (Å²) >= 11 is 3.42. The smallest absolute Gasteiger partial charge is 0.228 e. The molecule has 3 heterocycles. The molecule has 0 bridgehead atoms. The van der Waals surface area contributed by atoms with Crippen molar-refractivity contribution in [3.63, 3.8) is 0 Å². The number of aryl methyl sites for hydroxylation is 1. The van der Waals surface area contributed by atoms with Gasteiger partial charge in [0.05, 0.1) is 18.8 Å². The molecule has 0 aromatic carbocycles. The number of amides is 1. The Hall–Kier alpha value is -1.89. The van der Waals surface area contributed by atoms with Gasteiger partial charge in [-0.25, -0.2) is 4.98 Å². The molecular weight excluding hydrogens is 406 g/mol. The highest BCUT2D eigenvalue weighted by atomic mass is 79.9. The molecule has 0 saturated carbocycles. The van der Waals surface area contributed by atoms with Crippen LogP contribution >= 0.6 is 15.9 Å². The third-order valence-electron chi connectivity index (χ3n) is 5.48. The van der Waals surface area contributed by atoms with Crippen LogP contribution in [0, 0.1) is 11.3 Å². The molecular formula is C20H28BrN5O. The van der Waals surface area contributed by atoms with Crippen molar-refractivity contribution in [1.82, 2.24) is 20.1 Å². The van der Waals surface area contributed by atoms with E-state index in [9.17, 15) is 4.79 Å². The van der Waals surface area contributed by atoms with E-state index in [1.165, 1.54) is 0 Å². The van der Waals surface area contributed by atoms with Crippen LogP contribution in [-0.2, 0) is 24.3 Å². The van der Waals surface area contributed by atoms with Crippen molar-refractivity contribution in [3.05, 3.63) is 39.8 Å². The zero-order valence-corrected chi connectivity index (χ0v) is 17.8. The third-order valence-corrected chi connectivity index (χ3v) is 5.92. The van der Waals surface area contributed by atoms with E-state index in [0.717, 1.165) is 47.2 Å². The number of nitrogens with one attached hydrogen (secondary N) is 1. The molecule has 0 fully saturated rings. The first-order valence-electron chi connectivity index (χ1n) is 9.48. The molecule has 0 radical (unpaired) electrons. The second-order valence-electron chi connectivity index (χ2n) is 8.25. The number of aromatic nitrogens is 3. The standard InChI is InChI=1S/C20H28BrN5O/c1-13(7-8-14-5-4-6-17(21)23-14)9-10-20(2,3)19(27)26-11-15-16(12-26)24-25-18(15)22/h4-6,13H,7-12H2,1-3H3,(H3,22,24,25). The Kier molecular flexibility index (Phi) is 5.89. The van der Waals surface area contributed by atoms with E-state index in [1.54, 1.807) is 0 Å². The van der Waals surface area contributed by atoms with E-state index in [0.29, 0.717) is 24.8 Å². The summed E-state index contributed by atoms with van der Waals surface area (Å²) in [5, 5.41) is 6.94. The van der Waals surface area contributed by atoms with Gasteiger partial charge in [0.15, 0.2) is 5.82 Å². The molecule has 2 aromatic rings. The zero-order valence-electron chi connectivity index (χ0n) is 16.3. The van der Waals surface area contributed by atoms with E-state index in [1.807, 2.05) is 30.9 Å². The van der Waals surface area contributed by atoms with E-state index >= 15 is 0 Å². The van der Waals surface area contributed by atoms with Crippen LogP contribution < -0.4 is 5.73 Å². The normalized spacial score (nSPS) is 15.0. The lowest BCUT2D eigenvalue weighted by Gasteiger charge is -2.30. The minimum Gasteiger partial charge on any atom is -0.382 e. The maximum absolute atomic E-state index is 13.0. The third kappa shape index (κ3) is 4.69. The average Bonchev–Trinajstić information content (AvgIpc) is 3.20. The molecule has 1 amide bonds. The quantitative estimate of drug-likeness (QED) is 0.644. The largest absolute Gasteiger partial charge is 0.382 e. The number of carbonyl (C=O) groups excluding carboxylic acids is 1. The predicted octanol–water partition coefficient (Wildman–Crippen LogP) is 4.07. The number of hydrogen-bond donors (Lipinski definition) is 2. The number of rotatable bonds is 7. The fraction of sp³-hybridized carbons (Fsp3) is 0.550. The second kappa shape index (κ2) is 8.00. The highest BCUT2D eigenvalue weighted by molar-refractivity contribution is 9.10. The summed E-state index contributed by atoms with van der Waals surface area (Å²) in [4.78, 5) is 19.4. The maximum atomic E-state index is 13.0. The van der Waals surface area contributed by atoms with Crippen LogP contribution in [0.4, 0.5) is 5.82 Å². The summed E-state index contributed by atoms with van der Waals surface area (Å²) < 4.78 is 0.880. The summed E-state index contributed by atoms with van der Waals surface area (Å²) in [6, 6.07) is 6.03. The van der Waals surface area contributed by atoms with Gasteiger partial charge in [-0.1, -0.05) is 26.8 Å². The number of carbonyl (C=O) groups is 1. The molecule has 2 aromatic heterocycles. The molecule has 3 N–H and O–H groups in total. The number of anilines is 1. The van der Waals surface area contributed by atoms with E-state index in [2.05, 4.69) is 44.1 Å². The lowest BCUT2D eigenvalue weighted by Crippen LogP contribution is -2.38. The van der Waals surface area contributed by atoms with Gasteiger partial charge >= 0.3 is 0 Å². The first-order chi connectivity index (χ1) is 12.8. The SMILES string of the molecule is CC(CCc1cccc(Br)n1)CCC(C)(C)C(=O)N1Cc2[nH]nc(N)c2C1. The first kappa shape index (κ1) is 19.9. The van der Waals surface area contributed by atoms with Crippen molar-refractivity contribution in [2.75, 3.05) is 5.73 Å². The first-order valence-corrected chi connectivity index (χ1v) is 10.3. The maximum Gasteiger partial charge on any atom is 0.228 e. The number of pyridine rings is 1.